The second-order valence-electron chi connectivity index (χ2n) is 7.69. The van der Waals surface area contributed by atoms with Gasteiger partial charge in [0.15, 0.2) is 0 Å². The Morgan fingerprint density at radius 1 is 1.18 bits per heavy atom. The van der Waals surface area contributed by atoms with Crippen molar-refractivity contribution >= 4 is 17.7 Å². The number of ether oxygens (including phenoxy) is 1. The Bertz CT molecular complexity index is 794. The van der Waals surface area contributed by atoms with E-state index in [-0.39, 0.29) is 5.91 Å². The van der Waals surface area contributed by atoms with Crippen LogP contribution in [0.1, 0.15) is 37.7 Å². The summed E-state index contributed by atoms with van der Waals surface area (Å²) in [5.74, 6) is 2.95. The smallest absolute Gasteiger partial charge is 0.233 e. The van der Waals surface area contributed by atoms with Crippen LogP contribution in [0.2, 0.25) is 0 Å². The highest BCUT2D eigenvalue weighted by Crippen LogP contribution is 2.36. The van der Waals surface area contributed by atoms with E-state index in [1.165, 1.54) is 37.4 Å². The van der Waals surface area contributed by atoms with E-state index in [1.807, 2.05) is 24.3 Å². The molecule has 0 bridgehead atoms. The number of benzene rings is 1. The molecule has 0 spiro atoms. The molecule has 7 nitrogen and oxygen atoms in total. The minimum absolute atomic E-state index is 0.202. The van der Waals surface area contributed by atoms with E-state index in [1.54, 1.807) is 11.8 Å². The molecule has 1 aromatic heterocycles. The first-order valence-corrected chi connectivity index (χ1v) is 11.0. The summed E-state index contributed by atoms with van der Waals surface area (Å²) in [6.07, 6.45) is 6.47. The van der Waals surface area contributed by atoms with Crippen molar-refractivity contribution < 1.29 is 9.53 Å². The number of likely N-dealkylation sites (tertiary alicyclic amines) is 1. The first-order valence-electron chi connectivity index (χ1n) is 10.0. The zero-order valence-corrected chi connectivity index (χ0v) is 17.1. The van der Waals surface area contributed by atoms with Crippen molar-refractivity contribution in [3.63, 3.8) is 0 Å². The summed E-state index contributed by atoms with van der Waals surface area (Å²) in [5.41, 5.74) is 1.08. The van der Waals surface area contributed by atoms with Crippen molar-refractivity contribution in [3.05, 3.63) is 29.8 Å². The summed E-state index contributed by atoms with van der Waals surface area (Å²) in [5, 5.41) is 12.6. The summed E-state index contributed by atoms with van der Waals surface area (Å²) in [6, 6.07) is 7.83. The highest BCUT2D eigenvalue weighted by atomic mass is 32.2. The Morgan fingerprint density at radius 3 is 2.75 bits per heavy atom. The number of methoxy groups -OCH3 is 1. The maximum absolute atomic E-state index is 12.7. The third kappa shape index (κ3) is 4.48. The van der Waals surface area contributed by atoms with Gasteiger partial charge in [-0.3, -0.25) is 4.79 Å². The molecule has 0 radical (unpaired) electrons. The van der Waals surface area contributed by atoms with Gasteiger partial charge in [-0.15, -0.1) is 5.10 Å². The van der Waals surface area contributed by atoms with Crippen LogP contribution in [0.4, 0.5) is 0 Å². The van der Waals surface area contributed by atoms with Crippen LogP contribution in [0.15, 0.2) is 29.4 Å². The van der Waals surface area contributed by atoms with Crippen LogP contribution in [0, 0.1) is 11.8 Å². The molecule has 0 unspecified atom stereocenters. The molecule has 2 aliphatic rings. The summed E-state index contributed by atoms with van der Waals surface area (Å²) in [6.45, 7) is 2.40. The standard InChI is InChI=1S/C20H27N5O2S/c1-27-18-8-6-15(7-9-18)12-25-20(21-22-23-25)28-14-19(26)24-11-10-16-4-2-3-5-17(16)13-24/h6-9,16-17H,2-5,10-14H2,1H3/t16-,17+/m0/s1. The number of hydrogen-bond acceptors (Lipinski definition) is 6. The van der Waals surface area contributed by atoms with E-state index in [0.29, 0.717) is 23.4 Å². The van der Waals surface area contributed by atoms with Gasteiger partial charge >= 0.3 is 0 Å². The SMILES string of the molecule is COc1ccc(Cn2nnnc2SCC(=O)N2CC[C@@H]3CCCC[C@@H]3C2)cc1. The molecule has 1 saturated carbocycles. The minimum Gasteiger partial charge on any atom is -0.497 e. The Kier molecular flexibility index (Phi) is 6.14. The lowest BCUT2D eigenvalue weighted by atomic mass is 9.75. The fourth-order valence-electron chi connectivity index (χ4n) is 4.35. The predicted octanol–water partition coefficient (Wildman–Crippen LogP) is 2.86. The second kappa shape index (κ2) is 8.94. The van der Waals surface area contributed by atoms with Crippen molar-refractivity contribution in [1.82, 2.24) is 25.1 Å². The largest absolute Gasteiger partial charge is 0.497 e. The van der Waals surface area contributed by atoms with Gasteiger partial charge in [-0.1, -0.05) is 43.2 Å². The highest BCUT2D eigenvalue weighted by molar-refractivity contribution is 7.99. The fourth-order valence-corrected chi connectivity index (χ4v) is 5.13. The number of fused-ring (bicyclic) bond motifs is 1. The number of carbonyl (C=O) groups excluding carboxylic acids is 1. The van der Waals surface area contributed by atoms with Crippen LogP contribution in [-0.4, -0.2) is 57.0 Å². The van der Waals surface area contributed by atoms with Gasteiger partial charge in [0, 0.05) is 13.1 Å². The van der Waals surface area contributed by atoms with Crippen molar-refractivity contribution in [2.75, 3.05) is 26.0 Å². The summed E-state index contributed by atoms with van der Waals surface area (Å²) >= 11 is 1.42. The molecule has 28 heavy (non-hydrogen) atoms. The lowest BCUT2D eigenvalue weighted by Gasteiger charge is -2.41. The van der Waals surface area contributed by atoms with Gasteiger partial charge < -0.3 is 9.64 Å². The lowest BCUT2D eigenvalue weighted by molar-refractivity contribution is -0.131. The number of rotatable bonds is 6. The molecule has 8 heteroatoms. The Balaban J connectivity index is 1.31. The molecular formula is C20H27N5O2S. The molecule has 1 saturated heterocycles. The van der Waals surface area contributed by atoms with E-state index in [0.717, 1.165) is 36.7 Å². The summed E-state index contributed by atoms with van der Waals surface area (Å²) < 4.78 is 6.93. The monoisotopic (exact) mass is 401 g/mol. The van der Waals surface area contributed by atoms with Gasteiger partial charge in [0.05, 0.1) is 19.4 Å². The zero-order valence-electron chi connectivity index (χ0n) is 16.3. The first-order chi connectivity index (χ1) is 13.7. The number of hydrogen-bond donors (Lipinski definition) is 0. The van der Waals surface area contributed by atoms with Crippen LogP contribution in [0.5, 0.6) is 5.75 Å². The van der Waals surface area contributed by atoms with Crippen molar-refractivity contribution in [3.8, 4) is 5.75 Å². The number of amides is 1. The number of piperidine rings is 1. The number of aromatic nitrogens is 4. The highest BCUT2D eigenvalue weighted by Gasteiger charge is 2.32. The summed E-state index contributed by atoms with van der Waals surface area (Å²) in [7, 11) is 1.65. The normalized spacial score (nSPS) is 22.0. The summed E-state index contributed by atoms with van der Waals surface area (Å²) in [4.78, 5) is 14.8. The topological polar surface area (TPSA) is 73.1 Å². The number of tetrazole rings is 1. The van der Waals surface area contributed by atoms with Crippen LogP contribution in [0.25, 0.3) is 0 Å². The lowest BCUT2D eigenvalue weighted by Crippen LogP contribution is -2.45. The number of carbonyl (C=O) groups is 1. The molecule has 2 atom stereocenters. The van der Waals surface area contributed by atoms with Crippen molar-refractivity contribution in [1.29, 1.82) is 0 Å². The van der Waals surface area contributed by atoms with Gasteiger partial charge in [-0.05, 0) is 52.8 Å². The zero-order chi connectivity index (χ0) is 19.3. The maximum Gasteiger partial charge on any atom is 0.233 e. The molecule has 1 amide bonds. The van der Waals surface area contributed by atoms with E-state index in [9.17, 15) is 4.79 Å². The maximum atomic E-state index is 12.7. The Hall–Kier alpha value is -2.09. The van der Waals surface area contributed by atoms with Crippen LogP contribution >= 0.6 is 11.8 Å². The quantitative estimate of drug-likeness (QED) is 0.693. The number of thioether (sulfide) groups is 1. The van der Waals surface area contributed by atoms with E-state index in [4.69, 9.17) is 4.74 Å². The van der Waals surface area contributed by atoms with Crippen molar-refractivity contribution in [2.45, 2.75) is 43.8 Å². The number of nitrogens with zero attached hydrogens (tertiary/aromatic N) is 5. The molecule has 4 rings (SSSR count). The fraction of sp³-hybridized carbons (Fsp3) is 0.600. The second-order valence-corrected chi connectivity index (χ2v) is 8.63. The Labute approximate surface area is 169 Å². The molecule has 2 fully saturated rings. The molecule has 150 valence electrons. The van der Waals surface area contributed by atoms with Gasteiger partial charge in [-0.25, -0.2) is 4.68 Å². The van der Waals surface area contributed by atoms with E-state index < -0.39 is 0 Å². The molecular weight excluding hydrogens is 374 g/mol. The minimum atomic E-state index is 0.202. The van der Waals surface area contributed by atoms with Crippen LogP contribution in [-0.2, 0) is 11.3 Å². The van der Waals surface area contributed by atoms with E-state index >= 15 is 0 Å². The third-order valence-corrected chi connectivity index (χ3v) is 6.90. The van der Waals surface area contributed by atoms with Gasteiger partial charge in [0.2, 0.25) is 11.1 Å². The molecule has 1 aliphatic heterocycles. The molecule has 1 aromatic carbocycles. The third-order valence-electron chi connectivity index (χ3n) is 5.96. The molecule has 2 heterocycles. The van der Waals surface area contributed by atoms with Crippen molar-refractivity contribution in [2.24, 2.45) is 11.8 Å². The molecule has 1 aliphatic carbocycles. The first kappa shape index (κ1) is 19.2. The van der Waals surface area contributed by atoms with Gasteiger partial charge in [-0.2, -0.15) is 0 Å². The van der Waals surface area contributed by atoms with Crippen LogP contribution in [0.3, 0.4) is 0 Å². The van der Waals surface area contributed by atoms with Gasteiger partial charge in [0.25, 0.3) is 0 Å². The van der Waals surface area contributed by atoms with Gasteiger partial charge in [0.1, 0.15) is 5.75 Å². The van der Waals surface area contributed by atoms with Crippen LogP contribution < -0.4 is 4.74 Å². The van der Waals surface area contributed by atoms with E-state index in [2.05, 4.69) is 20.4 Å². The average molecular weight is 402 g/mol. The predicted molar refractivity (Wildman–Crippen MR) is 107 cm³/mol. The Morgan fingerprint density at radius 2 is 1.96 bits per heavy atom. The molecule has 0 N–H and O–H groups in total. The average Bonchev–Trinajstić information content (AvgIpc) is 3.19. The molecule has 2 aromatic rings.